The quantitative estimate of drug-likeness (QED) is 0.373. The van der Waals surface area contributed by atoms with Crippen LogP contribution in [-0.4, -0.2) is 48.8 Å². The van der Waals surface area contributed by atoms with Crippen LogP contribution in [0.2, 0.25) is 0 Å². The van der Waals surface area contributed by atoms with E-state index in [9.17, 15) is 17.8 Å². The Morgan fingerprint density at radius 3 is 2.78 bits per heavy atom. The number of hydrogen-bond acceptors (Lipinski definition) is 5. The maximum Gasteiger partial charge on any atom is 1.00 e. The van der Waals surface area contributed by atoms with Gasteiger partial charge in [-0.3, -0.25) is 9.35 Å². The van der Waals surface area contributed by atoms with Gasteiger partial charge in [-0.15, -0.1) is 0 Å². The molecule has 0 radical (unpaired) electrons. The van der Waals surface area contributed by atoms with Gasteiger partial charge in [0.1, 0.15) is 5.75 Å². The fraction of sp³-hybridized carbons (Fsp3) is 0.357. The first-order valence-electron chi connectivity index (χ1n) is 6.70. The average molecular weight is 348 g/mol. The summed E-state index contributed by atoms with van der Waals surface area (Å²) >= 11 is 0. The molecule has 1 saturated heterocycles. The topological polar surface area (TPSA) is 95.9 Å². The Hall–Kier alpha value is -1.06. The van der Waals surface area contributed by atoms with Gasteiger partial charge in [0.25, 0.3) is 16.0 Å². The monoisotopic (exact) mass is 348 g/mol. The van der Waals surface area contributed by atoms with E-state index in [-0.39, 0.29) is 43.4 Å². The van der Waals surface area contributed by atoms with Crippen LogP contribution in [0.4, 0.5) is 5.69 Å². The van der Waals surface area contributed by atoms with Crippen molar-refractivity contribution < 1.29 is 53.5 Å². The molecular weight excluding hydrogens is 331 g/mol. The van der Waals surface area contributed by atoms with E-state index in [4.69, 9.17) is 4.74 Å². The summed E-state index contributed by atoms with van der Waals surface area (Å²) in [6.07, 6.45) is 0.328. The van der Waals surface area contributed by atoms with Crippen molar-refractivity contribution >= 4 is 21.7 Å². The Labute approximate surface area is 158 Å². The summed E-state index contributed by atoms with van der Waals surface area (Å²) in [5.74, 6) is 0.185. The Bertz CT molecular complexity index is 770. The summed E-state index contributed by atoms with van der Waals surface area (Å²) in [4.78, 5) is 14.1. The smallest absolute Gasteiger partial charge is 1.00 e. The first-order valence-corrected chi connectivity index (χ1v) is 8.20. The van der Waals surface area contributed by atoms with Gasteiger partial charge in [-0.05, 0) is 24.6 Å². The Balaban J connectivity index is 0.00000144. The van der Waals surface area contributed by atoms with Gasteiger partial charge >= 0.3 is 29.6 Å². The van der Waals surface area contributed by atoms with Crippen molar-refractivity contribution in [2.45, 2.75) is 17.8 Å². The second-order valence-corrected chi connectivity index (χ2v) is 6.98. The average Bonchev–Trinajstić information content (AvgIpc) is 2.79. The molecule has 1 aromatic rings. The van der Waals surface area contributed by atoms with Gasteiger partial charge in [-0.25, -0.2) is 0 Å². The van der Waals surface area contributed by atoms with Crippen LogP contribution in [0.5, 0.6) is 5.75 Å². The van der Waals surface area contributed by atoms with Crippen LogP contribution in [0, 0.1) is 0 Å². The molecule has 2 aliphatic heterocycles. The van der Waals surface area contributed by atoms with E-state index in [1.165, 1.54) is 12.0 Å². The van der Waals surface area contributed by atoms with Crippen LogP contribution in [0.25, 0.3) is 0 Å². The molecule has 0 aromatic heterocycles. The summed E-state index contributed by atoms with van der Waals surface area (Å²) < 4.78 is 38.1. The molecule has 3 rings (SSSR count). The molecule has 1 amide bonds. The number of ether oxygens (including phenoxy) is 1. The number of anilines is 1. The molecule has 0 saturated carbocycles. The molecule has 2 aliphatic rings. The standard InChI is InChI=1S/C14H16N2O5S.Na.H/c1-8-5-12-13(22(18,19)20)15-11-4-3-9(21-2)6-10(11)14(17)16(12)7-8;;/h3-4,6,12-13,15H,1,5,7H2,2H3,(H,18,19,20);;/q;+1;-1. The molecule has 23 heavy (non-hydrogen) atoms. The van der Waals surface area contributed by atoms with Crippen LogP contribution >= 0.6 is 0 Å². The van der Waals surface area contributed by atoms with Crippen LogP contribution in [0.3, 0.4) is 0 Å². The first-order chi connectivity index (χ1) is 10.3. The number of carbonyl (C=O) groups excluding carboxylic acids is 1. The van der Waals surface area contributed by atoms with Gasteiger partial charge in [-0.2, -0.15) is 8.42 Å². The number of hydrogen-bond donors (Lipinski definition) is 2. The van der Waals surface area contributed by atoms with Crippen molar-refractivity contribution in [3.05, 3.63) is 35.9 Å². The van der Waals surface area contributed by atoms with Gasteiger partial charge in [0, 0.05) is 12.2 Å². The number of methoxy groups -OCH3 is 1. The second kappa shape index (κ2) is 6.45. The normalized spacial score (nSPS) is 23.3. The van der Waals surface area contributed by atoms with Crippen molar-refractivity contribution in [2.24, 2.45) is 0 Å². The zero-order valence-electron chi connectivity index (χ0n) is 13.9. The first kappa shape index (κ1) is 18.3. The van der Waals surface area contributed by atoms with Gasteiger partial charge in [0.15, 0.2) is 5.37 Å². The minimum atomic E-state index is -4.39. The van der Waals surface area contributed by atoms with Crippen molar-refractivity contribution in [1.82, 2.24) is 4.90 Å². The van der Waals surface area contributed by atoms with Gasteiger partial charge < -0.3 is 16.4 Å². The molecule has 0 spiro atoms. The van der Waals surface area contributed by atoms with E-state index in [2.05, 4.69) is 11.9 Å². The number of rotatable bonds is 2. The second-order valence-electron chi connectivity index (χ2n) is 5.45. The largest absolute Gasteiger partial charge is 1.00 e. The summed E-state index contributed by atoms with van der Waals surface area (Å²) in [5, 5.41) is 1.49. The molecule has 0 aliphatic carbocycles. The minimum absolute atomic E-state index is 0. The van der Waals surface area contributed by atoms with Gasteiger partial charge in [0.2, 0.25) is 0 Å². The van der Waals surface area contributed by atoms with Gasteiger partial charge in [-0.1, -0.05) is 12.2 Å². The third kappa shape index (κ3) is 3.27. The molecule has 1 fully saturated rings. The summed E-state index contributed by atoms with van der Waals surface area (Å²) in [7, 11) is -2.90. The molecule has 9 heteroatoms. The predicted molar refractivity (Wildman–Crippen MR) is 81.6 cm³/mol. The molecule has 2 unspecified atom stereocenters. The van der Waals surface area contributed by atoms with E-state index >= 15 is 0 Å². The number of benzene rings is 1. The van der Waals surface area contributed by atoms with E-state index < -0.39 is 21.5 Å². The number of fused-ring (bicyclic) bond motifs is 2. The fourth-order valence-electron chi connectivity index (χ4n) is 2.95. The van der Waals surface area contributed by atoms with Gasteiger partial charge in [0.05, 0.1) is 18.7 Å². The zero-order valence-corrected chi connectivity index (χ0v) is 15.8. The predicted octanol–water partition coefficient (Wildman–Crippen LogP) is -1.78. The van der Waals surface area contributed by atoms with Crippen molar-refractivity contribution in [2.75, 3.05) is 19.0 Å². The van der Waals surface area contributed by atoms with Crippen LogP contribution in [0.15, 0.2) is 30.4 Å². The number of nitrogens with one attached hydrogen (secondary N) is 1. The Morgan fingerprint density at radius 1 is 1.48 bits per heavy atom. The van der Waals surface area contributed by atoms with E-state index in [1.807, 2.05) is 0 Å². The summed E-state index contributed by atoms with van der Waals surface area (Å²) in [6, 6.07) is 4.06. The maximum absolute atomic E-state index is 12.7. The summed E-state index contributed by atoms with van der Waals surface area (Å²) in [5.41, 5.74) is 1.42. The van der Waals surface area contributed by atoms with Crippen LogP contribution < -0.4 is 39.6 Å². The fourth-order valence-corrected chi connectivity index (χ4v) is 3.87. The molecule has 120 valence electrons. The van der Waals surface area contributed by atoms with Crippen molar-refractivity contribution in [1.29, 1.82) is 0 Å². The third-order valence-electron chi connectivity index (χ3n) is 3.98. The van der Waals surface area contributed by atoms with E-state index in [0.29, 0.717) is 23.4 Å². The third-order valence-corrected chi connectivity index (χ3v) is 5.05. The zero-order chi connectivity index (χ0) is 16.1. The number of amides is 1. The molecule has 7 nitrogen and oxygen atoms in total. The molecule has 2 heterocycles. The number of carbonyl (C=O) groups is 1. The molecule has 0 bridgehead atoms. The van der Waals surface area contributed by atoms with E-state index in [1.54, 1.807) is 18.2 Å². The summed E-state index contributed by atoms with van der Waals surface area (Å²) in [6.45, 7) is 4.10. The molecule has 1 aromatic carbocycles. The molecular formula is C14H17N2NaO5S. The Morgan fingerprint density at radius 2 is 2.17 bits per heavy atom. The van der Waals surface area contributed by atoms with Crippen molar-refractivity contribution in [3.63, 3.8) is 0 Å². The van der Waals surface area contributed by atoms with Crippen LogP contribution in [-0.2, 0) is 10.1 Å². The molecule has 2 atom stereocenters. The molecule has 2 N–H and O–H groups in total. The van der Waals surface area contributed by atoms with Crippen molar-refractivity contribution in [3.8, 4) is 5.75 Å². The SMILES string of the molecule is C=C1CC2C(S(=O)(=O)O)Nc3ccc(OC)cc3C(=O)N2C1.[H-].[Na+]. The maximum atomic E-state index is 12.7. The minimum Gasteiger partial charge on any atom is -1.00 e. The number of nitrogens with zero attached hydrogens (tertiary/aromatic N) is 1. The Kier molecular flexibility index (Phi) is 5.12. The van der Waals surface area contributed by atoms with E-state index in [0.717, 1.165) is 5.57 Å². The van der Waals surface area contributed by atoms with Crippen LogP contribution in [0.1, 0.15) is 18.2 Å².